The topological polar surface area (TPSA) is 41.9 Å². The van der Waals surface area contributed by atoms with E-state index < -0.39 is 6.61 Å². The molecule has 27 heavy (non-hydrogen) atoms. The first kappa shape index (κ1) is 21.0. The van der Waals surface area contributed by atoms with Crippen molar-refractivity contribution >= 4 is 0 Å². The molecule has 0 amide bonds. The molecule has 0 saturated carbocycles. The first-order valence-corrected chi connectivity index (χ1v) is 8.84. The first-order valence-electron chi connectivity index (χ1n) is 8.84. The highest BCUT2D eigenvalue weighted by atomic mass is 19.3. The van der Waals surface area contributed by atoms with Crippen LogP contribution in [0.3, 0.4) is 0 Å². The number of aryl methyl sites for hydroxylation is 1. The number of ether oxygens (including phenoxy) is 2. The number of nitrogens with zero attached hydrogens (tertiary/aromatic N) is 1. The van der Waals surface area contributed by atoms with E-state index in [2.05, 4.69) is 18.6 Å². The summed E-state index contributed by atoms with van der Waals surface area (Å²) < 4.78 is 34.5. The molecular weight excluding hydrogens is 352 g/mol. The molecule has 148 valence electrons. The predicted molar refractivity (Wildman–Crippen MR) is 102 cm³/mol. The van der Waals surface area contributed by atoms with Crippen molar-refractivity contribution in [2.45, 2.75) is 46.4 Å². The van der Waals surface area contributed by atoms with E-state index in [1.807, 2.05) is 24.9 Å². The van der Waals surface area contributed by atoms with E-state index in [9.17, 15) is 13.9 Å². The third kappa shape index (κ3) is 5.57. The normalized spacial score (nSPS) is 11.5. The average Bonchev–Trinajstić information content (AvgIpc) is 2.57. The predicted octanol–water partition coefficient (Wildman–Crippen LogP) is 5.07. The number of rotatable bonds is 8. The van der Waals surface area contributed by atoms with Crippen LogP contribution in [0.5, 0.6) is 17.2 Å². The molecular formula is C21H27F2NO3. The summed E-state index contributed by atoms with van der Waals surface area (Å²) >= 11 is 0. The molecule has 6 heteroatoms. The van der Waals surface area contributed by atoms with E-state index in [-0.39, 0.29) is 17.2 Å². The average molecular weight is 379 g/mol. The molecule has 2 rings (SSSR count). The number of hydrogen-bond donors (Lipinski definition) is 1. The number of aromatic hydroxyl groups is 1. The molecule has 0 radical (unpaired) electrons. The van der Waals surface area contributed by atoms with Crippen molar-refractivity contribution in [3.63, 3.8) is 0 Å². The van der Waals surface area contributed by atoms with Gasteiger partial charge in [-0.1, -0.05) is 26.0 Å². The zero-order valence-corrected chi connectivity index (χ0v) is 16.4. The van der Waals surface area contributed by atoms with Gasteiger partial charge in [-0.3, -0.25) is 4.90 Å². The number of alkyl halides is 2. The summed E-state index contributed by atoms with van der Waals surface area (Å²) in [5.74, 6) is 0.932. The van der Waals surface area contributed by atoms with Gasteiger partial charge in [-0.05, 0) is 54.8 Å². The number of phenolic OH excluding ortho intramolecular Hbond substituents is 1. The van der Waals surface area contributed by atoms with Gasteiger partial charge in [0.25, 0.3) is 0 Å². The summed E-state index contributed by atoms with van der Waals surface area (Å²) in [5.41, 5.74) is 4.04. The molecule has 0 atom stereocenters. The van der Waals surface area contributed by atoms with Crippen LogP contribution in [0.15, 0.2) is 30.3 Å². The smallest absolute Gasteiger partial charge is 0.387 e. The van der Waals surface area contributed by atoms with E-state index in [0.717, 1.165) is 16.7 Å². The number of benzene rings is 2. The van der Waals surface area contributed by atoms with Crippen molar-refractivity contribution in [1.29, 1.82) is 0 Å². The van der Waals surface area contributed by atoms with Crippen molar-refractivity contribution in [2.24, 2.45) is 0 Å². The second kappa shape index (κ2) is 9.04. The first-order chi connectivity index (χ1) is 12.7. The monoisotopic (exact) mass is 379 g/mol. The fourth-order valence-corrected chi connectivity index (χ4v) is 3.17. The molecule has 0 aromatic heterocycles. The van der Waals surface area contributed by atoms with Crippen LogP contribution < -0.4 is 9.47 Å². The van der Waals surface area contributed by atoms with Crippen molar-refractivity contribution in [2.75, 3.05) is 14.2 Å². The van der Waals surface area contributed by atoms with Crippen molar-refractivity contribution in [1.82, 2.24) is 4.90 Å². The van der Waals surface area contributed by atoms with Crippen LogP contribution in [0.2, 0.25) is 0 Å². The molecule has 0 aliphatic rings. The Kier molecular flexibility index (Phi) is 7.02. The van der Waals surface area contributed by atoms with Gasteiger partial charge in [0.1, 0.15) is 5.75 Å². The Morgan fingerprint density at radius 2 is 1.78 bits per heavy atom. The minimum atomic E-state index is -2.90. The summed E-state index contributed by atoms with van der Waals surface area (Å²) in [6.45, 7) is 4.48. The number of phenols is 1. The fourth-order valence-electron chi connectivity index (χ4n) is 3.17. The maximum Gasteiger partial charge on any atom is 0.387 e. The molecule has 2 aromatic carbocycles. The van der Waals surface area contributed by atoms with E-state index >= 15 is 0 Å². The molecule has 2 aromatic rings. The van der Waals surface area contributed by atoms with Crippen LogP contribution in [-0.4, -0.2) is 30.8 Å². The Morgan fingerprint density at radius 1 is 1.07 bits per heavy atom. The maximum atomic E-state index is 12.4. The SMILES string of the molecule is COc1cc(CN(C)Cc2cc(C(C)C)c(C)cc2O)ccc1OC(F)F. The quantitative estimate of drug-likeness (QED) is 0.696. The molecule has 0 saturated heterocycles. The van der Waals surface area contributed by atoms with Crippen LogP contribution in [-0.2, 0) is 13.1 Å². The Morgan fingerprint density at radius 3 is 2.37 bits per heavy atom. The molecule has 0 bridgehead atoms. The zero-order chi connectivity index (χ0) is 20.1. The van der Waals surface area contributed by atoms with Gasteiger partial charge >= 0.3 is 6.61 Å². The lowest BCUT2D eigenvalue weighted by Gasteiger charge is -2.20. The lowest BCUT2D eigenvalue weighted by Crippen LogP contribution is -2.18. The van der Waals surface area contributed by atoms with Crippen molar-refractivity contribution < 1.29 is 23.4 Å². The zero-order valence-electron chi connectivity index (χ0n) is 16.4. The molecule has 0 aliphatic heterocycles. The highest BCUT2D eigenvalue weighted by Gasteiger charge is 2.14. The standard InChI is InChI=1S/C21H27F2NO3/c1-13(2)17-10-16(18(25)8-14(17)3)12-24(4)11-15-6-7-19(27-21(22)23)20(9-15)26-5/h6-10,13,21,25H,11-12H2,1-5H3. The highest BCUT2D eigenvalue weighted by molar-refractivity contribution is 5.44. The molecule has 0 fully saturated rings. The van der Waals surface area contributed by atoms with E-state index in [4.69, 9.17) is 4.74 Å². The largest absolute Gasteiger partial charge is 0.508 e. The van der Waals surface area contributed by atoms with E-state index in [1.54, 1.807) is 18.2 Å². The summed E-state index contributed by atoms with van der Waals surface area (Å²) in [7, 11) is 3.35. The number of hydrogen-bond acceptors (Lipinski definition) is 4. The summed E-state index contributed by atoms with van der Waals surface area (Å²) in [6.07, 6.45) is 0. The second-order valence-corrected chi connectivity index (χ2v) is 7.03. The lowest BCUT2D eigenvalue weighted by molar-refractivity contribution is -0.0512. The van der Waals surface area contributed by atoms with Crippen LogP contribution in [0.25, 0.3) is 0 Å². The third-order valence-electron chi connectivity index (χ3n) is 4.43. The molecule has 0 spiro atoms. The summed E-state index contributed by atoms with van der Waals surface area (Å²) in [4.78, 5) is 2.04. The third-order valence-corrected chi connectivity index (χ3v) is 4.43. The second-order valence-electron chi connectivity index (χ2n) is 7.03. The van der Waals surface area contributed by atoms with Gasteiger partial charge in [-0.15, -0.1) is 0 Å². The molecule has 4 nitrogen and oxygen atoms in total. The van der Waals surface area contributed by atoms with Crippen LogP contribution in [0.1, 0.15) is 42.0 Å². The summed E-state index contributed by atoms with van der Waals surface area (Å²) in [6, 6.07) is 8.74. The van der Waals surface area contributed by atoms with Gasteiger partial charge in [-0.25, -0.2) is 0 Å². The Hall–Kier alpha value is -2.34. The van der Waals surface area contributed by atoms with Crippen LogP contribution in [0, 0.1) is 6.92 Å². The lowest BCUT2D eigenvalue weighted by atomic mass is 9.95. The molecule has 0 aliphatic carbocycles. The van der Waals surface area contributed by atoms with E-state index in [1.165, 1.54) is 18.7 Å². The van der Waals surface area contributed by atoms with E-state index in [0.29, 0.717) is 19.0 Å². The van der Waals surface area contributed by atoms with Gasteiger partial charge in [0.2, 0.25) is 0 Å². The number of methoxy groups -OCH3 is 1. The van der Waals surface area contributed by atoms with Crippen molar-refractivity contribution in [3.8, 4) is 17.2 Å². The molecule has 0 unspecified atom stereocenters. The fraction of sp³-hybridized carbons (Fsp3) is 0.429. The minimum absolute atomic E-state index is 0.0108. The van der Waals surface area contributed by atoms with Gasteiger partial charge in [0.05, 0.1) is 7.11 Å². The van der Waals surface area contributed by atoms with Gasteiger partial charge < -0.3 is 14.6 Å². The molecule has 0 heterocycles. The van der Waals surface area contributed by atoms with Gasteiger partial charge in [-0.2, -0.15) is 8.78 Å². The molecule has 1 N–H and O–H groups in total. The minimum Gasteiger partial charge on any atom is -0.508 e. The highest BCUT2D eigenvalue weighted by Crippen LogP contribution is 2.31. The summed E-state index contributed by atoms with van der Waals surface area (Å²) in [5, 5.41) is 10.3. The van der Waals surface area contributed by atoms with Crippen LogP contribution in [0.4, 0.5) is 8.78 Å². The van der Waals surface area contributed by atoms with Crippen molar-refractivity contribution in [3.05, 3.63) is 52.6 Å². The maximum absolute atomic E-state index is 12.4. The van der Waals surface area contributed by atoms with Crippen LogP contribution >= 0.6 is 0 Å². The Balaban J connectivity index is 2.14. The Bertz CT molecular complexity index is 778. The van der Waals surface area contributed by atoms with Gasteiger partial charge in [0.15, 0.2) is 11.5 Å². The van der Waals surface area contributed by atoms with Gasteiger partial charge in [0, 0.05) is 18.7 Å². The Labute approximate surface area is 159 Å². The number of halogens is 2.